The number of hydrogen-bond donors (Lipinski definition) is 1. The summed E-state index contributed by atoms with van der Waals surface area (Å²) in [6.45, 7) is 1.37. The zero-order valence-electron chi connectivity index (χ0n) is 10.5. The van der Waals surface area contributed by atoms with Gasteiger partial charge in [-0.1, -0.05) is 0 Å². The molecule has 0 bridgehead atoms. The maximum absolute atomic E-state index is 11.3. The molecule has 0 saturated heterocycles. The quantitative estimate of drug-likeness (QED) is 0.645. The number of rotatable bonds is 5. The van der Waals surface area contributed by atoms with Gasteiger partial charge in [-0.25, -0.2) is 13.2 Å². The van der Waals surface area contributed by atoms with Gasteiger partial charge in [0, 0.05) is 24.1 Å². The molecule has 0 fully saturated rings. The Hall–Kier alpha value is -1.58. The first kappa shape index (κ1) is 16.5. The van der Waals surface area contributed by atoms with Crippen molar-refractivity contribution < 1.29 is 27.3 Å². The molecule has 110 valence electrons. The van der Waals surface area contributed by atoms with Crippen molar-refractivity contribution in [3.8, 4) is 5.75 Å². The number of hydrogen-bond acceptors (Lipinski definition) is 7. The zero-order valence-corrected chi connectivity index (χ0v) is 12.1. The van der Waals surface area contributed by atoms with Gasteiger partial charge in [0.1, 0.15) is 5.75 Å². The summed E-state index contributed by atoms with van der Waals surface area (Å²) in [7, 11) is -4.33. The number of carbonyl (C=O) groups excluding carboxylic acids is 2. The number of thioether (sulfide) groups is 1. The number of amides is 1. The number of benzene rings is 1. The molecule has 0 saturated carbocycles. The Morgan fingerprint density at radius 1 is 1.30 bits per heavy atom. The Morgan fingerprint density at radius 3 is 2.40 bits per heavy atom. The maximum Gasteiger partial charge on any atom is 0.372 e. The van der Waals surface area contributed by atoms with Gasteiger partial charge in [-0.05, 0) is 36.0 Å². The second-order valence-electron chi connectivity index (χ2n) is 3.67. The molecule has 1 rings (SSSR count). The van der Waals surface area contributed by atoms with E-state index in [2.05, 4.69) is 5.32 Å². The summed E-state index contributed by atoms with van der Waals surface area (Å²) in [6.07, 6.45) is 0. The van der Waals surface area contributed by atoms with E-state index in [-0.39, 0.29) is 17.4 Å². The van der Waals surface area contributed by atoms with E-state index in [1.165, 1.54) is 19.1 Å². The fourth-order valence-corrected chi connectivity index (χ4v) is 2.63. The molecule has 1 aromatic rings. The van der Waals surface area contributed by atoms with Crippen LogP contribution in [0.4, 0.5) is 10.5 Å². The normalized spacial score (nSPS) is 10.9. The van der Waals surface area contributed by atoms with Crippen LogP contribution in [0.1, 0.15) is 6.92 Å². The molecule has 7 nitrogen and oxygen atoms in total. The van der Waals surface area contributed by atoms with Crippen LogP contribution in [0.5, 0.6) is 5.75 Å². The lowest BCUT2D eigenvalue weighted by Crippen LogP contribution is -2.10. The summed E-state index contributed by atoms with van der Waals surface area (Å²) < 4.78 is 35.9. The first-order valence-electron chi connectivity index (χ1n) is 5.42. The van der Waals surface area contributed by atoms with Gasteiger partial charge in [-0.15, -0.1) is 0 Å². The fraction of sp³-hybridized carbons (Fsp3) is 0.273. The lowest BCUT2D eigenvalue weighted by Gasteiger charge is -2.07. The van der Waals surface area contributed by atoms with E-state index < -0.39 is 21.2 Å². The van der Waals surface area contributed by atoms with Crippen LogP contribution < -0.4 is 10.1 Å². The summed E-state index contributed by atoms with van der Waals surface area (Å²) in [5.41, 5.74) is 0.558. The van der Waals surface area contributed by atoms with Crippen LogP contribution in [0, 0.1) is 0 Å². The highest BCUT2D eigenvalue weighted by Gasteiger charge is 2.07. The van der Waals surface area contributed by atoms with Crippen molar-refractivity contribution in [2.75, 3.05) is 16.8 Å². The number of carbonyl (C=O) groups is 2. The highest BCUT2D eigenvalue weighted by Crippen LogP contribution is 2.18. The van der Waals surface area contributed by atoms with E-state index in [9.17, 15) is 22.6 Å². The van der Waals surface area contributed by atoms with Gasteiger partial charge in [-0.3, -0.25) is 4.79 Å². The first-order chi connectivity index (χ1) is 9.26. The largest absolute Gasteiger partial charge is 0.748 e. The fourth-order valence-electron chi connectivity index (χ4n) is 1.16. The highest BCUT2D eigenvalue weighted by atomic mass is 32.2. The molecule has 0 unspecified atom stereocenters. The van der Waals surface area contributed by atoms with Gasteiger partial charge in [0.2, 0.25) is 5.91 Å². The monoisotopic (exact) mass is 318 g/mol. The second-order valence-corrected chi connectivity index (χ2v) is 6.22. The van der Waals surface area contributed by atoms with Crippen molar-refractivity contribution in [3.05, 3.63) is 24.3 Å². The minimum Gasteiger partial charge on any atom is -0.748 e. The third kappa shape index (κ3) is 7.12. The Labute approximate surface area is 120 Å². The molecule has 1 amide bonds. The van der Waals surface area contributed by atoms with Gasteiger partial charge in [-0.2, -0.15) is 0 Å². The van der Waals surface area contributed by atoms with Crippen molar-refractivity contribution in [1.82, 2.24) is 0 Å². The Kier molecular flexibility index (Phi) is 5.99. The molecule has 1 N–H and O–H groups in total. The van der Waals surface area contributed by atoms with Crippen molar-refractivity contribution in [2.45, 2.75) is 6.92 Å². The standard InChI is InChI=1S/C11H13NO6S2/c1-8(13)12-9-2-4-10(5-3-9)18-11(14)19-6-7-20(15,16)17/h2-5H,6-7H2,1H3,(H,12,13)(H,15,16,17)/p-1. The van der Waals surface area contributed by atoms with Gasteiger partial charge in [0.05, 0.1) is 10.1 Å². The van der Waals surface area contributed by atoms with Crippen LogP contribution in [0.15, 0.2) is 24.3 Å². The lowest BCUT2D eigenvalue weighted by atomic mass is 10.3. The molecule has 20 heavy (non-hydrogen) atoms. The van der Waals surface area contributed by atoms with Crippen LogP contribution >= 0.6 is 11.8 Å². The molecule has 0 radical (unpaired) electrons. The van der Waals surface area contributed by atoms with Gasteiger partial charge in [0.25, 0.3) is 0 Å². The Bertz CT molecular complexity index is 581. The number of anilines is 1. The third-order valence-electron chi connectivity index (χ3n) is 1.93. The second kappa shape index (κ2) is 7.27. The van der Waals surface area contributed by atoms with Crippen molar-refractivity contribution in [1.29, 1.82) is 0 Å². The van der Waals surface area contributed by atoms with Crippen molar-refractivity contribution >= 4 is 38.8 Å². The van der Waals surface area contributed by atoms with Crippen LogP contribution in [0.2, 0.25) is 0 Å². The average Bonchev–Trinajstić information content (AvgIpc) is 2.29. The van der Waals surface area contributed by atoms with E-state index in [4.69, 9.17) is 4.74 Å². The minimum absolute atomic E-state index is 0.158. The average molecular weight is 318 g/mol. The summed E-state index contributed by atoms with van der Waals surface area (Å²) >= 11 is 0.603. The molecule has 0 aliphatic carbocycles. The molecule has 9 heteroatoms. The minimum atomic E-state index is -4.33. The topological polar surface area (TPSA) is 113 Å². The van der Waals surface area contributed by atoms with Gasteiger partial charge in [0.15, 0.2) is 0 Å². The van der Waals surface area contributed by atoms with Gasteiger partial charge < -0.3 is 14.6 Å². The summed E-state index contributed by atoms with van der Waals surface area (Å²) in [4.78, 5) is 22.1. The summed E-state index contributed by atoms with van der Waals surface area (Å²) in [5, 5.41) is 1.84. The predicted octanol–water partition coefficient (Wildman–Crippen LogP) is 1.42. The van der Waals surface area contributed by atoms with Crippen LogP contribution in [-0.2, 0) is 14.9 Å². The molecular weight excluding hydrogens is 306 g/mol. The van der Waals surface area contributed by atoms with E-state index in [0.29, 0.717) is 17.4 Å². The molecular formula is C11H12NO6S2-. The first-order valence-corrected chi connectivity index (χ1v) is 7.98. The van der Waals surface area contributed by atoms with E-state index in [1.807, 2.05) is 0 Å². The van der Waals surface area contributed by atoms with Gasteiger partial charge >= 0.3 is 5.30 Å². The highest BCUT2D eigenvalue weighted by molar-refractivity contribution is 8.13. The van der Waals surface area contributed by atoms with Crippen LogP contribution in [0.3, 0.4) is 0 Å². The molecule has 0 spiro atoms. The van der Waals surface area contributed by atoms with Crippen LogP contribution in [0.25, 0.3) is 0 Å². The maximum atomic E-state index is 11.3. The van der Waals surface area contributed by atoms with E-state index in [0.717, 1.165) is 0 Å². The predicted molar refractivity (Wildman–Crippen MR) is 73.8 cm³/mol. The zero-order chi connectivity index (χ0) is 15.2. The van der Waals surface area contributed by atoms with Crippen molar-refractivity contribution in [3.63, 3.8) is 0 Å². The third-order valence-corrected chi connectivity index (χ3v) is 3.62. The van der Waals surface area contributed by atoms with E-state index >= 15 is 0 Å². The SMILES string of the molecule is CC(=O)Nc1ccc(OC(=O)SCCS(=O)(=O)[O-])cc1. The molecule has 0 heterocycles. The molecule has 0 aliphatic heterocycles. The molecule has 0 atom stereocenters. The molecule has 0 aromatic heterocycles. The number of nitrogens with one attached hydrogen (secondary N) is 1. The molecule has 0 aliphatic rings. The smallest absolute Gasteiger partial charge is 0.372 e. The Balaban J connectivity index is 2.44. The number of ether oxygens (including phenoxy) is 1. The van der Waals surface area contributed by atoms with Crippen molar-refractivity contribution in [2.24, 2.45) is 0 Å². The summed E-state index contributed by atoms with van der Waals surface area (Å²) in [5.74, 6) is -0.756. The van der Waals surface area contributed by atoms with E-state index in [1.54, 1.807) is 12.1 Å². The Morgan fingerprint density at radius 2 is 1.90 bits per heavy atom. The lowest BCUT2D eigenvalue weighted by molar-refractivity contribution is -0.114. The summed E-state index contributed by atoms with van der Waals surface area (Å²) in [6, 6.07) is 6.07. The van der Waals surface area contributed by atoms with Crippen LogP contribution in [-0.4, -0.2) is 35.7 Å². The molecule has 1 aromatic carbocycles.